The third-order valence-electron chi connectivity index (χ3n) is 2.63. The van der Waals surface area contributed by atoms with Crippen molar-refractivity contribution in [2.75, 3.05) is 13.2 Å². The Morgan fingerprint density at radius 2 is 1.44 bits per heavy atom. The van der Waals surface area contributed by atoms with Gasteiger partial charge in [0.2, 0.25) is 0 Å². The van der Waals surface area contributed by atoms with E-state index in [1.165, 1.54) is 32.6 Å². The number of aliphatic carboxylic acids is 1. The van der Waals surface area contributed by atoms with Crippen LogP contribution in [-0.4, -0.2) is 55.6 Å². The van der Waals surface area contributed by atoms with Crippen LogP contribution in [0.25, 0.3) is 0 Å². The van der Waals surface area contributed by atoms with Gasteiger partial charge in [0.15, 0.2) is 0 Å². The van der Waals surface area contributed by atoms with Crippen LogP contribution >= 0.6 is 0 Å². The van der Waals surface area contributed by atoms with Gasteiger partial charge in [-0.15, -0.1) is 0 Å². The van der Waals surface area contributed by atoms with Crippen LogP contribution < -0.4 is 0 Å². The summed E-state index contributed by atoms with van der Waals surface area (Å²) in [5, 5.41) is 25.1. The molecule has 4 nitrogen and oxygen atoms in total. The molecule has 0 heterocycles. The molecule has 0 spiro atoms. The average Bonchev–Trinajstić information content (AvgIpc) is 2.38. The van der Waals surface area contributed by atoms with Gasteiger partial charge in [-0.3, -0.25) is 4.79 Å². The van der Waals surface area contributed by atoms with E-state index in [1.807, 2.05) is 0 Å². The number of hydrogen-bond donors (Lipinski definition) is 3. The van der Waals surface area contributed by atoms with Gasteiger partial charge in [-0.1, -0.05) is 0 Å². The molecule has 0 aliphatic heterocycles. The third-order valence-corrected chi connectivity index (χ3v) is 6.66. The molecule has 0 amide bonds. The average molecular weight is 367 g/mol. The van der Waals surface area contributed by atoms with Crippen LogP contribution in [0.15, 0.2) is 0 Å². The molecule has 3 N–H and O–H groups in total. The van der Waals surface area contributed by atoms with Crippen molar-refractivity contribution in [2.24, 2.45) is 5.41 Å². The molecule has 2 radical (unpaired) electrons. The van der Waals surface area contributed by atoms with Crippen molar-refractivity contribution in [3.05, 3.63) is 0 Å². The summed E-state index contributed by atoms with van der Waals surface area (Å²) in [5.74, 6) is -1.19. The SMILES string of the molecule is CC(CO)(CO)C(=O)O.CCC[CH2][Sn][CH2]CCC. The number of carboxylic acid groups (broad SMARTS) is 1. The first-order valence-corrected chi connectivity index (χ1v) is 10.7. The second-order valence-corrected chi connectivity index (χ2v) is 8.92. The van der Waals surface area contributed by atoms with E-state index >= 15 is 0 Å². The minimum atomic E-state index is -1.39. The molecular formula is C13H28O4Sn. The molecule has 0 saturated heterocycles. The van der Waals surface area contributed by atoms with Crippen molar-refractivity contribution in [1.82, 2.24) is 0 Å². The number of carbonyl (C=O) groups is 1. The van der Waals surface area contributed by atoms with Crippen LogP contribution in [0.3, 0.4) is 0 Å². The number of hydrogen-bond acceptors (Lipinski definition) is 3. The number of carboxylic acids is 1. The molecule has 5 heteroatoms. The van der Waals surface area contributed by atoms with Gasteiger partial charge in [0, 0.05) is 0 Å². The normalized spacial score (nSPS) is 10.7. The fourth-order valence-corrected chi connectivity index (χ4v) is 5.07. The first kappa shape index (κ1) is 20.5. The summed E-state index contributed by atoms with van der Waals surface area (Å²) in [7, 11) is 0. The van der Waals surface area contributed by atoms with Crippen molar-refractivity contribution in [1.29, 1.82) is 0 Å². The van der Waals surface area contributed by atoms with E-state index in [-0.39, 0.29) is 21.1 Å². The molecule has 0 unspecified atom stereocenters. The van der Waals surface area contributed by atoms with Crippen LogP contribution in [0.4, 0.5) is 0 Å². The van der Waals surface area contributed by atoms with Gasteiger partial charge in [0.1, 0.15) is 5.41 Å². The van der Waals surface area contributed by atoms with Gasteiger partial charge < -0.3 is 15.3 Å². The van der Waals surface area contributed by atoms with Crippen molar-refractivity contribution < 1.29 is 20.1 Å². The van der Waals surface area contributed by atoms with E-state index in [1.54, 1.807) is 8.87 Å². The van der Waals surface area contributed by atoms with Crippen molar-refractivity contribution in [3.8, 4) is 0 Å². The molecule has 18 heavy (non-hydrogen) atoms. The standard InChI is InChI=1S/C5H10O4.2C4H9.Sn/c1-5(2-6,3-7)4(8)9;2*1-3-4-2;/h6-7H,2-3H2,1H3,(H,8,9);2*1,3-4H2,2H3;. The van der Waals surface area contributed by atoms with Gasteiger partial charge >= 0.3 is 75.5 Å². The Morgan fingerprint density at radius 3 is 1.61 bits per heavy atom. The molecule has 0 aromatic heterocycles. The number of aliphatic hydroxyl groups excluding tert-OH is 2. The summed E-state index contributed by atoms with van der Waals surface area (Å²) in [6, 6.07) is 0. The predicted octanol–water partition coefficient (Wildman–Crippen LogP) is 2.19. The molecule has 0 aliphatic carbocycles. The Hall–Kier alpha value is 0.189. The molecule has 0 rings (SSSR count). The molecule has 0 bridgehead atoms. The predicted molar refractivity (Wildman–Crippen MR) is 75.1 cm³/mol. The fourth-order valence-electron chi connectivity index (χ4n) is 0.914. The van der Waals surface area contributed by atoms with Crippen LogP contribution in [0.5, 0.6) is 0 Å². The quantitative estimate of drug-likeness (QED) is 0.431. The van der Waals surface area contributed by atoms with E-state index in [0.717, 1.165) is 0 Å². The first-order valence-electron chi connectivity index (χ1n) is 6.64. The number of unbranched alkanes of at least 4 members (excludes halogenated alkanes) is 2. The molecule has 0 saturated carbocycles. The Kier molecular flexibility index (Phi) is 15.5. The summed E-state index contributed by atoms with van der Waals surface area (Å²) in [6.07, 6.45) is 5.84. The Balaban J connectivity index is 0. The van der Waals surface area contributed by atoms with Crippen LogP contribution in [0, 0.1) is 5.41 Å². The van der Waals surface area contributed by atoms with E-state index in [9.17, 15) is 4.79 Å². The number of aliphatic hydroxyl groups is 2. The number of rotatable bonds is 9. The molecule has 0 aromatic rings. The van der Waals surface area contributed by atoms with Crippen LogP contribution in [0.2, 0.25) is 8.87 Å². The topological polar surface area (TPSA) is 77.8 Å². The van der Waals surface area contributed by atoms with Crippen molar-refractivity contribution >= 4 is 27.1 Å². The van der Waals surface area contributed by atoms with Gasteiger partial charge in [-0.25, -0.2) is 0 Å². The maximum atomic E-state index is 10.2. The molecule has 108 valence electrons. The summed E-state index contributed by atoms with van der Waals surface area (Å²) < 4.78 is 3.25. The zero-order chi connectivity index (χ0) is 14.4. The third kappa shape index (κ3) is 11.3. The molecule has 0 aliphatic rings. The van der Waals surface area contributed by atoms with Gasteiger partial charge in [0.25, 0.3) is 0 Å². The first-order chi connectivity index (χ1) is 8.48. The second kappa shape index (κ2) is 13.6. The Bertz CT molecular complexity index is 187. The van der Waals surface area contributed by atoms with Crippen LogP contribution in [0.1, 0.15) is 46.5 Å². The Labute approximate surface area is 121 Å². The molecule has 0 aromatic carbocycles. The van der Waals surface area contributed by atoms with Gasteiger partial charge in [-0.05, 0) is 6.92 Å². The Morgan fingerprint density at radius 1 is 1.06 bits per heavy atom. The van der Waals surface area contributed by atoms with Crippen LogP contribution in [-0.2, 0) is 4.79 Å². The summed E-state index contributed by atoms with van der Waals surface area (Å²) >= 11 is 0.149. The van der Waals surface area contributed by atoms with Gasteiger partial charge in [0.05, 0.1) is 13.2 Å². The van der Waals surface area contributed by atoms with E-state index in [4.69, 9.17) is 15.3 Å². The zero-order valence-corrected chi connectivity index (χ0v) is 14.8. The van der Waals surface area contributed by atoms with Crippen molar-refractivity contribution in [3.63, 3.8) is 0 Å². The van der Waals surface area contributed by atoms with E-state index in [0.29, 0.717) is 0 Å². The maximum absolute atomic E-state index is 10.2. The molecule has 0 atom stereocenters. The minimum absolute atomic E-state index is 0.149. The summed E-state index contributed by atoms with van der Waals surface area (Å²) in [6.45, 7) is 4.77. The molecular weight excluding hydrogens is 339 g/mol. The fraction of sp³-hybridized carbons (Fsp3) is 0.923. The van der Waals surface area contributed by atoms with Gasteiger partial charge in [-0.2, -0.15) is 0 Å². The van der Waals surface area contributed by atoms with Crippen molar-refractivity contribution in [2.45, 2.75) is 55.3 Å². The van der Waals surface area contributed by atoms with E-state index < -0.39 is 24.6 Å². The molecule has 0 fully saturated rings. The summed E-state index contributed by atoms with van der Waals surface area (Å²) in [5.41, 5.74) is -1.39. The van der Waals surface area contributed by atoms with E-state index in [2.05, 4.69) is 13.8 Å². The second-order valence-electron chi connectivity index (χ2n) is 4.64. The monoisotopic (exact) mass is 368 g/mol. The summed E-state index contributed by atoms with van der Waals surface area (Å²) in [4.78, 5) is 10.2. The zero-order valence-electron chi connectivity index (χ0n) is 11.9.